The number of pyridine rings is 1. The fourth-order valence-electron chi connectivity index (χ4n) is 2.06. The van der Waals surface area contributed by atoms with Gasteiger partial charge in [0, 0.05) is 12.3 Å². The Morgan fingerprint density at radius 2 is 2.14 bits per heavy atom. The number of carbonyl (C=O) groups is 1. The SMILES string of the molecule is O=C(c1ccco1)N1CC(Oc2cc(C(F)(F)F)ccn2)C1. The molecule has 0 radical (unpaired) electrons. The van der Waals surface area contributed by atoms with E-state index < -0.39 is 11.7 Å². The molecule has 1 saturated heterocycles. The van der Waals surface area contributed by atoms with Crippen LogP contribution in [0.3, 0.4) is 0 Å². The monoisotopic (exact) mass is 312 g/mol. The highest BCUT2D eigenvalue weighted by Crippen LogP contribution is 2.31. The average molecular weight is 312 g/mol. The zero-order chi connectivity index (χ0) is 15.7. The third kappa shape index (κ3) is 2.90. The van der Waals surface area contributed by atoms with Gasteiger partial charge in [-0.3, -0.25) is 4.79 Å². The molecule has 0 N–H and O–H groups in total. The number of hydrogen-bond acceptors (Lipinski definition) is 4. The third-order valence-corrected chi connectivity index (χ3v) is 3.22. The van der Waals surface area contributed by atoms with E-state index in [4.69, 9.17) is 9.15 Å². The van der Waals surface area contributed by atoms with E-state index in [1.165, 1.54) is 11.2 Å². The zero-order valence-corrected chi connectivity index (χ0v) is 11.2. The molecule has 0 aromatic carbocycles. The Morgan fingerprint density at radius 3 is 2.77 bits per heavy atom. The maximum atomic E-state index is 12.6. The summed E-state index contributed by atoms with van der Waals surface area (Å²) in [4.78, 5) is 17.1. The van der Waals surface area contributed by atoms with Gasteiger partial charge in [-0.25, -0.2) is 4.98 Å². The molecule has 2 aromatic heterocycles. The summed E-state index contributed by atoms with van der Waals surface area (Å²) in [5.74, 6) is -0.164. The number of ether oxygens (including phenoxy) is 1. The summed E-state index contributed by atoms with van der Waals surface area (Å²) in [6.45, 7) is 0.551. The van der Waals surface area contributed by atoms with Gasteiger partial charge >= 0.3 is 6.18 Å². The first-order chi connectivity index (χ1) is 10.4. The molecule has 0 bridgehead atoms. The van der Waals surface area contributed by atoms with E-state index in [2.05, 4.69) is 4.98 Å². The highest BCUT2D eigenvalue weighted by atomic mass is 19.4. The summed E-state index contributed by atoms with van der Waals surface area (Å²) in [7, 11) is 0. The summed E-state index contributed by atoms with van der Waals surface area (Å²) < 4.78 is 48.1. The number of aromatic nitrogens is 1. The van der Waals surface area contributed by atoms with Gasteiger partial charge in [0.1, 0.15) is 6.10 Å². The molecule has 22 heavy (non-hydrogen) atoms. The van der Waals surface area contributed by atoms with Gasteiger partial charge in [0.25, 0.3) is 5.91 Å². The first kappa shape index (κ1) is 14.4. The van der Waals surface area contributed by atoms with Crippen molar-refractivity contribution < 1.29 is 27.1 Å². The van der Waals surface area contributed by atoms with Crippen LogP contribution in [0.15, 0.2) is 41.1 Å². The topological polar surface area (TPSA) is 55.6 Å². The lowest BCUT2D eigenvalue weighted by molar-refractivity contribution is -0.137. The predicted octanol–water partition coefficient (Wildman–Crippen LogP) is 2.60. The molecule has 2 aromatic rings. The van der Waals surface area contributed by atoms with Crippen molar-refractivity contribution in [3.05, 3.63) is 48.0 Å². The molecule has 1 fully saturated rings. The first-order valence-electron chi connectivity index (χ1n) is 6.46. The zero-order valence-electron chi connectivity index (χ0n) is 11.2. The lowest BCUT2D eigenvalue weighted by Crippen LogP contribution is -2.56. The van der Waals surface area contributed by atoms with E-state index >= 15 is 0 Å². The standard InChI is InChI=1S/C14H11F3N2O3/c15-14(16,17)9-3-4-18-12(6-9)22-10-7-19(8-10)13(20)11-2-1-5-21-11/h1-6,10H,7-8H2. The van der Waals surface area contributed by atoms with E-state index in [-0.39, 0.29) is 36.7 Å². The van der Waals surface area contributed by atoms with Gasteiger partial charge in [-0.15, -0.1) is 0 Å². The van der Waals surface area contributed by atoms with Crippen molar-refractivity contribution >= 4 is 5.91 Å². The van der Waals surface area contributed by atoms with Crippen molar-refractivity contribution in [2.24, 2.45) is 0 Å². The maximum absolute atomic E-state index is 12.6. The van der Waals surface area contributed by atoms with E-state index in [1.54, 1.807) is 12.1 Å². The lowest BCUT2D eigenvalue weighted by Gasteiger charge is -2.38. The van der Waals surface area contributed by atoms with Crippen LogP contribution < -0.4 is 4.74 Å². The number of halogens is 3. The molecule has 1 aliphatic rings. The molecule has 0 atom stereocenters. The number of carbonyl (C=O) groups excluding carboxylic acids is 1. The second-order valence-corrected chi connectivity index (χ2v) is 4.81. The third-order valence-electron chi connectivity index (χ3n) is 3.22. The van der Waals surface area contributed by atoms with Crippen molar-refractivity contribution in [3.8, 4) is 5.88 Å². The number of alkyl halides is 3. The molecule has 3 rings (SSSR count). The molecule has 1 aliphatic heterocycles. The van der Waals surface area contributed by atoms with Crippen LogP contribution in [0.25, 0.3) is 0 Å². The van der Waals surface area contributed by atoms with Crippen LogP contribution in [0.2, 0.25) is 0 Å². The molecular weight excluding hydrogens is 301 g/mol. The second-order valence-electron chi connectivity index (χ2n) is 4.81. The molecule has 0 aliphatic carbocycles. The summed E-state index contributed by atoms with van der Waals surface area (Å²) in [6.07, 6.45) is -2.38. The van der Waals surface area contributed by atoms with Gasteiger partial charge in [0.15, 0.2) is 5.76 Å². The molecule has 0 unspecified atom stereocenters. The number of likely N-dealkylation sites (tertiary alicyclic amines) is 1. The largest absolute Gasteiger partial charge is 0.471 e. The van der Waals surface area contributed by atoms with Crippen molar-refractivity contribution in [2.45, 2.75) is 12.3 Å². The van der Waals surface area contributed by atoms with Crippen LogP contribution in [0.5, 0.6) is 5.88 Å². The number of furan rings is 1. The van der Waals surface area contributed by atoms with Crippen molar-refractivity contribution in [2.75, 3.05) is 13.1 Å². The molecular formula is C14H11F3N2O3. The van der Waals surface area contributed by atoms with E-state index in [1.807, 2.05) is 0 Å². The minimum Gasteiger partial charge on any atom is -0.471 e. The Labute approximate surface area is 123 Å². The average Bonchev–Trinajstić information content (AvgIpc) is 2.95. The van der Waals surface area contributed by atoms with Gasteiger partial charge in [0.05, 0.1) is 24.9 Å². The number of hydrogen-bond donors (Lipinski definition) is 0. The number of nitrogens with zero attached hydrogens (tertiary/aromatic N) is 2. The molecule has 1 amide bonds. The summed E-state index contributed by atoms with van der Waals surface area (Å²) >= 11 is 0. The molecule has 0 spiro atoms. The minimum absolute atomic E-state index is 0.107. The van der Waals surface area contributed by atoms with Crippen LogP contribution in [0.1, 0.15) is 16.1 Å². The van der Waals surface area contributed by atoms with Gasteiger partial charge in [0.2, 0.25) is 5.88 Å². The van der Waals surface area contributed by atoms with Crippen LogP contribution in [-0.4, -0.2) is 35.0 Å². The summed E-state index contributed by atoms with van der Waals surface area (Å²) in [5, 5.41) is 0. The molecule has 0 saturated carbocycles. The van der Waals surface area contributed by atoms with Crippen molar-refractivity contribution in [1.29, 1.82) is 0 Å². The Balaban J connectivity index is 1.57. The fourth-order valence-corrected chi connectivity index (χ4v) is 2.06. The smallest absolute Gasteiger partial charge is 0.416 e. The van der Waals surface area contributed by atoms with Crippen LogP contribution >= 0.6 is 0 Å². The molecule has 8 heteroatoms. The van der Waals surface area contributed by atoms with Crippen LogP contribution in [0, 0.1) is 0 Å². The first-order valence-corrected chi connectivity index (χ1v) is 6.46. The van der Waals surface area contributed by atoms with E-state index in [0.717, 1.165) is 18.3 Å². The Kier molecular flexibility index (Phi) is 3.51. The van der Waals surface area contributed by atoms with Crippen molar-refractivity contribution in [3.63, 3.8) is 0 Å². The van der Waals surface area contributed by atoms with Crippen LogP contribution in [-0.2, 0) is 6.18 Å². The maximum Gasteiger partial charge on any atom is 0.416 e. The Hall–Kier alpha value is -2.51. The number of rotatable bonds is 3. The second kappa shape index (κ2) is 5.36. The summed E-state index contributed by atoms with van der Waals surface area (Å²) in [6, 6.07) is 4.87. The normalized spacial score (nSPS) is 15.5. The van der Waals surface area contributed by atoms with E-state index in [0.29, 0.717) is 0 Å². The van der Waals surface area contributed by atoms with E-state index in [9.17, 15) is 18.0 Å². The summed E-state index contributed by atoms with van der Waals surface area (Å²) in [5.41, 5.74) is -0.819. The Bertz CT molecular complexity index is 664. The lowest BCUT2D eigenvalue weighted by atomic mass is 10.1. The highest BCUT2D eigenvalue weighted by Gasteiger charge is 2.35. The van der Waals surface area contributed by atoms with Gasteiger partial charge in [-0.1, -0.05) is 0 Å². The van der Waals surface area contributed by atoms with Gasteiger partial charge in [-0.05, 0) is 18.2 Å². The molecule has 3 heterocycles. The van der Waals surface area contributed by atoms with Crippen molar-refractivity contribution in [1.82, 2.24) is 9.88 Å². The van der Waals surface area contributed by atoms with Crippen LogP contribution in [0.4, 0.5) is 13.2 Å². The highest BCUT2D eigenvalue weighted by molar-refractivity contribution is 5.92. The van der Waals surface area contributed by atoms with Gasteiger partial charge in [-0.2, -0.15) is 13.2 Å². The quantitative estimate of drug-likeness (QED) is 0.874. The van der Waals surface area contributed by atoms with Gasteiger partial charge < -0.3 is 14.1 Å². The fraction of sp³-hybridized carbons (Fsp3) is 0.286. The molecule has 116 valence electrons. The number of amides is 1. The Morgan fingerprint density at radius 1 is 1.36 bits per heavy atom. The molecule has 5 nitrogen and oxygen atoms in total. The minimum atomic E-state index is -4.44. The predicted molar refractivity (Wildman–Crippen MR) is 68.3 cm³/mol.